The molecular weight excluding hydrogens is 332 g/mol. The van der Waals surface area contributed by atoms with Crippen LogP contribution in [-0.4, -0.2) is 58.2 Å². The monoisotopic (exact) mass is 358 g/mol. The molecule has 24 heavy (non-hydrogen) atoms. The Balaban J connectivity index is 0.00000288. The van der Waals surface area contributed by atoms with Crippen LogP contribution in [0.4, 0.5) is 5.95 Å². The second-order valence-electron chi connectivity index (χ2n) is 5.82. The number of carbonyl (C=O) groups is 2. The Morgan fingerprint density at radius 1 is 1.21 bits per heavy atom. The van der Waals surface area contributed by atoms with Gasteiger partial charge < -0.3 is 10.2 Å². The topological polar surface area (TPSA) is 92.2 Å². The first-order chi connectivity index (χ1) is 11.2. The van der Waals surface area contributed by atoms with Crippen molar-refractivity contribution in [2.24, 2.45) is 0 Å². The molecule has 0 unspecified atom stereocenters. The van der Waals surface area contributed by atoms with Crippen LogP contribution in [0.3, 0.4) is 0 Å². The van der Waals surface area contributed by atoms with Crippen molar-refractivity contribution in [3.8, 4) is 0 Å². The third-order valence-electron chi connectivity index (χ3n) is 3.87. The molecule has 0 bridgehead atoms. The minimum atomic E-state index is -0.114. The Labute approximate surface area is 148 Å². The summed E-state index contributed by atoms with van der Waals surface area (Å²) in [6.07, 6.45) is 7.18. The van der Waals surface area contributed by atoms with Gasteiger partial charge in [0.15, 0.2) is 0 Å². The summed E-state index contributed by atoms with van der Waals surface area (Å²) in [4.78, 5) is 29.9. The lowest BCUT2D eigenvalue weighted by molar-refractivity contribution is -0.132. The maximum absolute atomic E-state index is 12.3. The largest absolute Gasteiger partial charge is 0.341 e. The number of carbonyl (C=O) groups excluding carboxylic acids is 2. The molecule has 1 aromatic rings. The highest BCUT2D eigenvalue weighted by molar-refractivity contribution is 5.88. The molecule has 136 valence electrons. The molecule has 0 radical (unpaired) electrons. The molecule has 0 aromatic carbocycles. The number of nitrogens with one attached hydrogen (secondary N) is 2. The molecule has 0 spiro atoms. The van der Waals surface area contributed by atoms with Crippen LogP contribution in [0.15, 0.2) is 6.33 Å². The van der Waals surface area contributed by atoms with E-state index in [9.17, 15) is 9.59 Å². The van der Waals surface area contributed by atoms with Crippen molar-refractivity contribution in [3.63, 3.8) is 0 Å². The van der Waals surface area contributed by atoms with E-state index in [0.717, 1.165) is 38.9 Å². The van der Waals surface area contributed by atoms with Gasteiger partial charge in [-0.3, -0.25) is 14.9 Å². The molecule has 2 rings (SSSR count). The zero-order valence-electron chi connectivity index (χ0n) is 14.2. The van der Waals surface area contributed by atoms with E-state index in [1.165, 1.54) is 23.9 Å². The summed E-state index contributed by atoms with van der Waals surface area (Å²) in [6.45, 7) is 2.60. The zero-order chi connectivity index (χ0) is 16.5. The Morgan fingerprint density at radius 2 is 1.92 bits per heavy atom. The van der Waals surface area contributed by atoms with Gasteiger partial charge in [-0.1, -0.05) is 12.8 Å². The van der Waals surface area contributed by atoms with Gasteiger partial charge in [0, 0.05) is 19.5 Å². The van der Waals surface area contributed by atoms with Gasteiger partial charge in [-0.05, 0) is 32.9 Å². The van der Waals surface area contributed by atoms with Crippen LogP contribution in [0.25, 0.3) is 0 Å². The third kappa shape index (κ3) is 6.84. The number of likely N-dealkylation sites (tertiary alicyclic amines) is 1. The molecule has 1 aliphatic rings. The van der Waals surface area contributed by atoms with Crippen molar-refractivity contribution < 1.29 is 9.59 Å². The quantitative estimate of drug-likeness (QED) is 0.710. The standard InChI is InChI=1S/C15H26N6O2.ClH/c1-16-8-6-7-13(22)18-15-17-12-21(19-15)11-14(23)20-9-4-2-3-5-10-20;/h12,16H,2-11H2,1H3,(H,18,19,22);1H. The fourth-order valence-corrected chi connectivity index (χ4v) is 2.60. The minimum Gasteiger partial charge on any atom is -0.341 e. The van der Waals surface area contributed by atoms with Crippen molar-refractivity contribution in [3.05, 3.63) is 6.33 Å². The molecule has 2 heterocycles. The van der Waals surface area contributed by atoms with Gasteiger partial charge in [0.2, 0.25) is 17.8 Å². The second kappa shape index (κ2) is 11.0. The SMILES string of the molecule is CNCCCC(=O)Nc1ncn(CC(=O)N2CCCCCC2)n1.Cl. The van der Waals surface area contributed by atoms with Gasteiger partial charge in [0.1, 0.15) is 12.9 Å². The summed E-state index contributed by atoms with van der Waals surface area (Å²) in [5, 5.41) is 9.79. The fourth-order valence-electron chi connectivity index (χ4n) is 2.60. The van der Waals surface area contributed by atoms with Crippen LogP contribution < -0.4 is 10.6 Å². The van der Waals surface area contributed by atoms with Crippen LogP contribution in [0.1, 0.15) is 38.5 Å². The number of hydrogen-bond acceptors (Lipinski definition) is 5. The molecular formula is C15H27ClN6O2. The number of amides is 2. The lowest BCUT2D eigenvalue weighted by Gasteiger charge is -2.19. The molecule has 2 amide bonds. The van der Waals surface area contributed by atoms with Gasteiger partial charge in [0.25, 0.3) is 0 Å². The first-order valence-electron chi connectivity index (χ1n) is 8.30. The fraction of sp³-hybridized carbons (Fsp3) is 0.733. The number of aromatic nitrogens is 3. The number of halogens is 1. The number of rotatable bonds is 7. The summed E-state index contributed by atoms with van der Waals surface area (Å²) < 4.78 is 1.48. The first kappa shape index (κ1) is 20.4. The van der Waals surface area contributed by atoms with E-state index in [2.05, 4.69) is 20.7 Å². The number of anilines is 1. The van der Waals surface area contributed by atoms with E-state index in [-0.39, 0.29) is 36.7 Å². The Bertz CT molecular complexity index is 514. The van der Waals surface area contributed by atoms with Gasteiger partial charge in [-0.25, -0.2) is 9.67 Å². The molecule has 1 saturated heterocycles. The van der Waals surface area contributed by atoms with E-state index in [0.29, 0.717) is 6.42 Å². The van der Waals surface area contributed by atoms with Crippen molar-refractivity contribution in [1.29, 1.82) is 0 Å². The number of nitrogens with zero attached hydrogens (tertiary/aromatic N) is 4. The molecule has 0 atom stereocenters. The van der Waals surface area contributed by atoms with E-state index in [1.54, 1.807) is 0 Å². The predicted octanol–water partition coefficient (Wildman–Crippen LogP) is 1.04. The van der Waals surface area contributed by atoms with Crippen molar-refractivity contribution in [1.82, 2.24) is 25.0 Å². The van der Waals surface area contributed by atoms with Crippen molar-refractivity contribution >= 4 is 30.2 Å². The molecule has 1 aliphatic heterocycles. The summed E-state index contributed by atoms with van der Waals surface area (Å²) in [7, 11) is 1.85. The highest BCUT2D eigenvalue weighted by atomic mass is 35.5. The molecule has 0 saturated carbocycles. The summed E-state index contributed by atoms with van der Waals surface area (Å²) in [6, 6.07) is 0. The van der Waals surface area contributed by atoms with Crippen LogP contribution in [0.2, 0.25) is 0 Å². The molecule has 1 fully saturated rings. The molecule has 1 aromatic heterocycles. The van der Waals surface area contributed by atoms with Crippen molar-refractivity contribution in [2.75, 3.05) is 32.0 Å². The van der Waals surface area contributed by atoms with Crippen LogP contribution in [0.5, 0.6) is 0 Å². The Hall–Kier alpha value is -1.67. The average Bonchev–Trinajstić information content (AvgIpc) is 2.79. The van der Waals surface area contributed by atoms with Crippen LogP contribution in [-0.2, 0) is 16.1 Å². The smallest absolute Gasteiger partial charge is 0.248 e. The predicted molar refractivity (Wildman–Crippen MR) is 94.1 cm³/mol. The summed E-state index contributed by atoms with van der Waals surface area (Å²) in [5.74, 6) is 0.198. The van der Waals surface area contributed by atoms with Crippen molar-refractivity contribution in [2.45, 2.75) is 45.1 Å². The molecule has 2 N–H and O–H groups in total. The van der Waals surface area contributed by atoms with Crippen LogP contribution >= 0.6 is 12.4 Å². The van der Waals surface area contributed by atoms with Gasteiger partial charge in [-0.15, -0.1) is 17.5 Å². The zero-order valence-corrected chi connectivity index (χ0v) is 15.0. The van der Waals surface area contributed by atoms with Gasteiger partial charge in [-0.2, -0.15) is 0 Å². The van der Waals surface area contributed by atoms with Gasteiger partial charge >= 0.3 is 0 Å². The molecule has 0 aliphatic carbocycles. The Kier molecular flexibility index (Phi) is 9.33. The summed E-state index contributed by atoms with van der Waals surface area (Å²) in [5.41, 5.74) is 0. The second-order valence-corrected chi connectivity index (χ2v) is 5.82. The van der Waals surface area contributed by atoms with Gasteiger partial charge in [0.05, 0.1) is 0 Å². The Morgan fingerprint density at radius 3 is 2.58 bits per heavy atom. The number of hydrogen-bond donors (Lipinski definition) is 2. The lowest BCUT2D eigenvalue weighted by atomic mass is 10.2. The third-order valence-corrected chi connectivity index (χ3v) is 3.87. The summed E-state index contributed by atoms with van der Waals surface area (Å²) >= 11 is 0. The van der Waals surface area contributed by atoms with Crippen LogP contribution in [0, 0.1) is 0 Å². The minimum absolute atomic E-state index is 0. The maximum Gasteiger partial charge on any atom is 0.248 e. The highest BCUT2D eigenvalue weighted by Gasteiger charge is 2.16. The highest BCUT2D eigenvalue weighted by Crippen LogP contribution is 2.10. The van der Waals surface area contributed by atoms with E-state index >= 15 is 0 Å². The molecule has 8 nitrogen and oxygen atoms in total. The lowest BCUT2D eigenvalue weighted by Crippen LogP contribution is -2.34. The average molecular weight is 359 g/mol. The maximum atomic E-state index is 12.3. The van der Waals surface area contributed by atoms with E-state index < -0.39 is 0 Å². The van der Waals surface area contributed by atoms with E-state index in [4.69, 9.17) is 0 Å². The molecule has 9 heteroatoms. The first-order valence-corrected chi connectivity index (χ1v) is 8.30. The van der Waals surface area contributed by atoms with E-state index in [1.807, 2.05) is 11.9 Å². The normalized spacial score (nSPS) is 14.6.